The predicted molar refractivity (Wildman–Crippen MR) is 115 cm³/mol. The minimum atomic E-state index is -4.49. The fourth-order valence-electron chi connectivity index (χ4n) is 4.84. The van der Waals surface area contributed by atoms with Gasteiger partial charge in [0.25, 0.3) is 0 Å². The lowest BCUT2D eigenvalue weighted by Gasteiger charge is -2.39. The number of Topliss-reactive ketones (excluding diaryl/α,β-unsaturated/α-hetero) is 1. The molecule has 1 atom stereocenters. The molecule has 10 heteroatoms. The Hall–Kier alpha value is -2.59. The standard InChI is InChI=1S/C23H28F3N5O2/c24-23(25,26)17-12-28-21(29-13-17)30-14-19(32)11-16-6-10-31(15-16)18-4-7-22(33,8-5-18)20-3-1-2-9-27-20/h1-3,9,12-13,16,18,33H,4-8,10-11,14-15H2,(H,28,29,30)/t16-,18?,22?/m0/s1. The molecule has 1 saturated carbocycles. The van der Waals surface area contributed by atoms with Gasteiger partial charge in [-0.25, -0.2) is 9.97 Å². The van der Waals surface area contributed by atoms with Crippen LogP contribution in [0.1, 0.15) is 49.8 Å². The Morgan fingerprint density at radius 1 is 1.15 bits per heavy atom. The molecule has 0 bridgehead atoms. The SMILES string of the molecule is O=C(CNc1ncc(C(F)(F)F)cn1)C[C@@H]1CCN(C2CCC(O)(c3ccccn3)CC2)C1. The molecule has 2 aliphatic rings. The van der Waals surface area contributed by atoms with Gasteiger partial charge in [-0.1, -0.05) is 6.07 Å². The van der Waals surface area contributed by atoms with Gasteiger partial charge in [0, 0.05) is 37.6 Å². The number of aromatic nitrogens is 3. The van der Waals surface area contributed by atoms with Crippen molar-refractivity contribution in [2.24, 2.45) is 5.92 Å². The monoisotopic (exact) mass is 463 g/mol. The molecule has 2 aromatic heterocycles. The van der Waals surface area contributed by atoms with Gasteiger partial charge >= 0.3 is 6.18 Å². The molecule has 0 radical (unpaired) electrons. The van der Waals surface area contributed by atoms with E-state index < -0.39 is 17.3 Å². The largest absolute Gasteiger partial charge is 0.419 e. The molecular weight excluding hydrogens is 435 g/mol. The normalized spacial score (nSPS) is 26.3. The first kappa shape index (κ1) is 23.6. The van der Waals surface area contributed by atoms with Crippen LogP contribution in [0.2, 0.25) is 0 Å². The van der Waals surface area contributed by atoms with Crippen LogP contribution >= 0.6 is 0 Å². The molecule has 1 aliphatic carbocycles. The van der Waals surface area contributed by atoms with Crippen molar-refractivity contribution in [1.29, 1.82) is 0 Å². The van der Waals surface area contributed by atoms with E-state index in [1.54, 1.807) is 6.20 Å². The number of aliphatic hydroxyl groups is 1. The number of alkyl halides is 3. The molecule has 1 aliphatic heterocycles. The Kier molecular flexibility index (Phi) is 6.94. The van der Waals surface area contributed by atoms with Gasteiger partial charge in [0.1, 0.15) is 5.60 Å². The van der Waals surface area contributed by atoms with Crippen LogP contribution in [0.15, 0.2) is 36.8 Å². The topological polar surface area (TPSA) is 91.2 Å². The van der Waals surface area contributed by atoms with Gasteiger partial charge in [-0.2, -0.15) is 13.2 Å². The summed E-state index contributed by atoms with van der Waals surface area (Å²) in [7, 11) is 0. The summed E-state index contributed by atoms with van der Waals surface area (Å²) in [5.74, 6) is 0.245. The molecule has 178 valence electrons. The lowest BCUT2D eigenvalue weighted by atomic mass is 9.79. The molecule has 7 nitrogen and oxygen atoms in total. The van der Waals surface area contributed by atoms with Gasteiger partial charge < -0.3 is 15.3 Å². The Bertz CT molecular complexity index is 931. The van der Waals surface area contributed by atoms with Crippen LogP contribution in [0.3, 0.4) is 0 Å². The van der Waals surface area contributed by atoms with Crippen molar-refractivity contribution in [1.82, 2.24) is 19.9 Å². The second-order valence-corrected chi connectivity index (χ2v) is 9.02. The van der Waals surface area contributed by atoms with Crippen molar-refractivity contribution in [3.05, 3.63) is 48.0 Å². The van der Waals surface area contributed by atoms with E-state index in [1.807, 2.05) is 18.2 Å². The molecule has 1 saturated heterocycles. The summed E-state index contributed by atoms with van der Waals surface area (Å²) in [5.41, 5.74) is -1.05. The van der Waals surface area contributed by atoms with Gasteiger partial charge in [0.05, 0.1) is 17.8 Å². The molecular formula is C23H28F3N5O2. The summed E-state index contributed by atoms with van der Waals surface area (Å²) in [6.45, 7) is 1.76. The van der Waals surface area contributed by atoms with Crippen LogP contribution in [0.5, 0.6) is 0 Å². The lowest BCUT2D eigenvalue weighted by molar-refractivity contribution is -0.138. The minimum Gasteiger partial charge on any atom is -0.384 e. The Balaban J connectivity index is 1.20. The first-order chi connectivity index (χ1) is 15.7. The lowest BCUT2D eigenvalue weighted by Crippen LogP contribution is -2.42. The van der Waals surface area contributed by atoms with E-state index in [4.69, 9.17) is 0 Å². The number of likely N-dealkylation sites (tertiary alicyclic amines) is 1. The van der Waals surface area contributed by atoms with Crippen LogP contribution in [-0.4, -0.2) is 56.4 Å². The number of hydrogen-bond donors (Lipinski definition) is 2. The number of pyridine rings is 1. The first-order valence-electron chi connectivity index (χ1n) is 11.3. The second-order valence-electron chi connectivity index (χ2n) is 9.02. The van der Waals surface area contributed by atoms with Gasteiger partial charge in [0.15, 0.2) is 5.78 Å². The van der Waals surface area contributed by atoms with E-state index in [-0.39, 0.29) is 24.2 Å². The number of rotatable bonds is 7. The van der Waals surface area contributed by atoms with Crippen molar-refractivity contribution in [3.63, 3.8) is 0 Å². The fraction of sp³-hybridized carbons (Fsp3) is 0.565. The third-order valence-electron chi connectivity index (χ3n) is 6.70. The zero-order valence-corrected chi connectivity index (χ0v) is 18.3. The highest BCUT2D eigenvalue weighted by atomic mass is 19.4. The van der Waals surface area contributed by atoms with Crippen LogP contribution in [0.4, 0.5) is 19.1 Å². The molecule has 0 spiro atoms. The van der Waals surface area contributed by atoms with Gasteiger partial charge in [-0.05, 0) is 56.7 Å². The van der Waals surface area contributed by atoms with E-state index in [9.17, 15) is 23.1 Å². The van der Waals surface area contributed by atoms with Crippen molar-refractivity contribution in [3.8, 4) is 0 Å². The zero-order chi connectivity index (χ0) is 23.5. The molecule has 33 heavy (non-hydrogen) atoms. The first-order valence-corrected chi connectivity index (χ1v) is 11.3. The highest BCUT2D eigenvalue weighted by Crippen LogP contribution is 2.39. The molecule has 2 fully saturated rings. The highest BCUT2D eigenvalue weighted by Gasteiger charge is 2.39. The number of ketones is 1. The van der Waals surface area contributed by atoms with E-state index >= 15 is 0 Å². The van der Waals surface area contributed by atoms with Crippen LogP contribution < -0.4 is 5.32 Å². The van der Waals surface area contributed by atoms with Crippen LogP contribution in [0.25, 0.3) is 0 Å². The number of halogens is 3. The van der Waals surface area contributed by atoms with Crippen LogP contribution in [0, 0.1) is 5.92 Å². The van der Waals surface area contributed by atoms with E-state index in [0.717, 1.165) is 38.0 Å². The summed E-state index contributed by atoms with van der Waals surface area (Å²) < 4.78 is 37.7. The number of carbonyl (C=O) groups is 1. The van der Waals surface area contributed by atoms with E-state index in [2.05, 4.69) is 25.2 Å². The Morgan fingerprint density at radius 2 is 1.88 bits per heavy atom. The molecule has 3 heterocycles. The number of anilines is 1. The van der Waals surface area contributed by atoms with Crippen molar-refractivity contribution < 1.29 is 23.1 Å². The maximum atomic E-state index is 12.6. The Labute approximate surface area is 190 Å². The van der Waals surface area contributed by atoms with Crippen molar-refractivity contribution >= 4 is 11.7 Å². The summed E-state index contributed by atoms with van der Waals surface area (Å²) in [6.07, 6.45) is 3.09. The number of hydrogen-bond acceptors (Lipinski definition) is 7. The maximum Gasteiger partial charge on any atom is 0.419 e. The number of carbonyl (C=O) groups excluding carboxylic acids is 1. The summed E-state index contributed by atoms with van der Waals surface area (Å²) >= 11 is 0. The molecule has 2 N–H and O–H groups in total. The second kappa shape index (κ2) is 9.72. The molecule has 0 amide bonds. The third-order valence-corrected chi connectivity index (χ3v) is 6.70. The van der Waals surface area contributed by atoms with Crippen LogP contribution in [-0.2, 0) is 16.6 Å². The average molecular weight is 464 g/mol. The minimum absolute atomic E-state index is 0.00648. The summed E-state index contributed by atoms with van der Waals surface area (Å²) in [6, 6.07) is 6.01. The third kappa shape index (κ3) is 5.86. The summed E-state index contributed by atoms with van der Waals surface area (Å²) in [4.78, 5) is 26.4. The smallest absolute Gasteiger partial charge is 0.384 e. The Morgan fingerprint density at radius 3 is 2.52 bits per heavy atom. The molecule has 0 aromatic carbocycles. The van der Waals surface area contributed by atoms with E-state index in [1.165, 1.54) is 0 Å². The molecule has 2 aromatic rings. The van der Waals surface area contributed by atoms with Gasteiger partial charge in [0.2, 0.25) is 5.95 Å². The molecule has 0 unspecified atom stereocenters. The molecule has 4 rings (SSSR count). The average Bonchev–Trinajstić information content (AvgIpc) is 3.27. The zero-order valence-electron chi connectivity index (χ0n) is 18.3. The predicted octanol–water partition coefficient (Wildman–Crippen LogP) is 3.41. The quantitative estimate of drug-likeness (QED) is 0.650. The number of nitrogens with zero attached hydrogens (tertiary/aromatic N) is 4. The van der Waals surface area contributed by atoms with E-state index in [0.29, 0.717) is 37.7 Å². The number of nitrogens with one attached hydrogen (secondary N) is 1. The summed E-state index contributed by atoms with van der Waals surface area (Å²) in [5, 5.41) is 13.7. The fourth-order valence-corrected chi connectivity index (χ4v) is 4.84. The van der Waals surface area contributed by atoms with Crippen molar-refractivity contribution in [2.75, 3.05) is 25.0 Å². The highest BCUT2D eigenvalue weighted by molar-refractivity contribution is 5.82. The maximum absolute atomic E-state index is 12.6. The van der Waals surface area contributed by atoms with Gasteiger partial charge in [-0.3, -0.25) is 9.78 Å². The van der Waals surface area contributed by atoms with Gasteiger partial charge in [-0.15, -0.1) is 0 Å². The van der Waals surface area contributed by atoms with Crippen molar-refractivity contribution in [2.45, 2.75) is 56.3 Å².